The van der Waals surface area contributed by atoms with E-state index >= 15 is 0 Å². The highest BCUT2D eigenvalue weighted by Crippen LogP contribution is 2.31. The summed E-state index contributed by atoms with van der Waals surface area (Å²) in [7, 11) is 3.56. The lowest BCUT2D eigenvalue weighted by Crippen LogP contribution is -2.49. The molecule has 0 aliphatic carbocycles. The number of hydrogen-bond donors (Lipinski definition) is 2. The van der Waals surface area contributed by atoms with Crippen molar-refractivity contribution in [1.82, 2.24) is 15.5 Å². The molecule has 0 radical (unpaired) electrons. The molecular formula is C22H36IN5O3. The van der Waals surface area contributed by atoms with Gasteiger partial charge in [-0.25, -0.2) is 0 Å². The highest BCUT2D eigenvalue weighted by atomic mass is 127. The second kappa shape index (κ2) is 13.7. The smallest absolute Gasteiger partial charge is 0.265 e. The molecule has 2 aliphatic rings. The topological polar surface area (TPSA) is 78.4 Å². The second-order valence-corrected chi connectivity index (χ2v) is 7.76. The first-order valence-electron chi connectivity index (χ1n) is 10.9. The molecule has 2 N–H and O–H groups in total. The van der Waals surface area contributed by atoms with Gasteiger partial charge in [0.05, 0.1) is 5.69 Å². The number of halogens is 1. The Morgan fingerprint density at radius 2 is 2.00 bits per heavy atom. The zero-order valence-electron chi connectivity index (χ0n) is 18.6. The summed E-state index contributed by atoms with van der Waals surface area (Å²) in [6.45, 7) is 5.67. The Labute approximate surface area is 202 Å². The molecule has 1 saturated heterocycles. The molecule has 2 heterocycles. The van der Waals surface area contributed by atoms with E-state index in [1.54, 1.807) is 14.2 Å². The van der Waals surface area contributed by atoms with Crippen LogP contribution in [0.3, 0.4) is 0 Å². The maximum Gasteiger partial charge on any atom is 0.265 e. The van der Waals surface area contributed by atoms with Crippen LogP contribution >= 0.6 is 24.0 Å². The van der Waals surface area contributed by atoms with Crippen molar-refractivity contribution < 1.29 is 14.3 Å². The Hall–Kier alpha value is -1.59. The lowest BCUT2D eigenvalue weighted by molar-refractivity contribution is -0.121. The van der Waals surface area contributed by atoms with Crippen LogP contribution in [0.5, 0.6) is 5.75 Å². The summed E-state index contributed by atoms with van der Waals surface area (Å²) in [5.74, 6) is 1.62. The molecule has 31 heavy (non-hydrogen) atoms. The molecule has 0 bridgehead atoms. The fourth-order valence-electron chi connectivity index (χ4n) is 3.96. The van der Waals surface area contributed by atoms with Gasteiger partial charge in [0, 0.05) is 59.5 Å². The van der Waals surface area contributed by atoms with Crippen LogP contribution in [0.1, 0.15) is 25.7 Å². The SMILES string of the molecule is CN=C(NCCCN1C(=O)COc2ccccc21)NC1CCN(CCCOC)CC1.I. The van der Waals surface area contributed by atoms with E-state index in [1.807, 2.05) is 29.2 Å². The summed E-state index contributed by atoms with van der Waals surface area (Å²) in [6, 6.07) is 8.14. The van der Waals surface area contributed by atoms with E-state index in [0.29, 0.717) is 12.6 Å². The number of amides is 1. The first-order chi connectivity index (χ1) is 14.7. The number of carbonyl (C=O) groups excluding carboxylic acids is 1. The Bertz CT molecular complexity index is 710. The minimum atomic E-state index is 0. The molecule has 3 rings (SSSR count). The van der Waals surface area contributed by atoms with Crippen LogP contribution in [0.25, 0.3) is 0 Å². The van der Waals surface area contributed by atoms with Crippen molar-refractivity contribution >= 4 is 41.5 Å². The summed E-state index contributed by atoms with van der Waals surface area (Å²) in [5.41, 5.74) is 0.855. The average molecular weight is 545 g/mol. The van der Waals surface area contributed by atoms with Crippen LogP contribution in [0.4, 0.5) is 5.69 Å². The lowest BCUT2D eigenvalue weighted by atomic mass is 10.1. The molecule has 0 aromatic heterocycles. The van der Waals surface area contributed by atoms with Crippen LogP contribution in [0, 0.1) is 0 Å². The molecule has 0 atom stereocenters. The number of rotatable bonds is 9. The van der Waals surface area contributed by atoms with Crippen LogP contribution in [-0.4, -0.2) is 82.9 Å². The number of para-hydroxylation sites is 2. The largest absolute Gasteiger partial charge is 0.482 e. The molecular weight excluding hydrogens is 509 g/mol. The van der Waals surface area contributed by atoms with Crippen molar-refractivity contribution in [3.05, 3.63) is 24.3 Å². The number of nitrogens with zero attached hydrogens (tertiary/aromatic N) is 3. The number of benzene rings is 1. The number of aliphatic imine (C=N–C) groups is 1. The van der Waals surface area contributed by atoms with E-state index in [2.05, 4.69) is 20.5 Å². The van der Waals surface area contributed by atoms with Gasteiger partial charge in [0.1, 0.15) is 5.75 Å². The third-order valence-corrected chi connectivity index (χ3v) is 5.63. The number of carbonyl (C=O) groups is 1. The van der Waals surface area contributed by atoms with Gasteiger partial charge >= 0.3 is 0 Å². The number of piperidine rings is 1. The quantitative estimate of drug-likeness (QED) is 0.214. The number of guanidine groups is 1. The first kappa shape index (κ1) is 25.7. The molecule has 1 aromatic carbocycles. The van der Waals surface area contributed by atoms with E-state index in [4.69, 9.17) is 9.47 Å². The molecule has 174 valence electrons. The monoisotopic (exact) mass is 545 g/mol. The van der Waals surface area contributed by atoms with Gasteiger partial charge in [-0.3, -0.25) is 9.79 Å². The van der Waals surface area contributed by atoms with Gasteiger partial charge in [-0.05, 0) is 37.8 Å². The number of methoxy groups -OCH3 is 1. The van der Waals surface area contributed by atoms with Crippen molar-refractivity contribution in [1.29, 1.82) is 0 Å². The van der Waals surface area contributed by atoms with E-state index < -0.39 is 0 Å². The third-order valence-electron chi connectivity index (χ3n) is 5.63. The maximum absolute atomic E-state index is 12.2. The molecule has 0 saturated carbocycles. The molecule has 0 spiro atoms. The standard InChI is InChI=1S/C22H35N5O3.HI/c1-23-22(25-18-9-14-26(15-10-18)12-6-16-29-2)24-11-5-13-27-19-7-3-4-8-20(19)30-17-21(27)28;/h3-4,7-8,18H,5-6,9-17H2,1-2H3,(H2,23,24,25);1H. The zero-order valence-corrected chi connectivity index (χ0v) is 21.0. The Kier molecular flexibility index (Phi) is 11.4. The van der Waals surface area contributed by atoms with Crippen molar-refractivity contribution in [2.24, 2.45) is 4.99 Å². The average Bonchev–Trinajstić information content (AvgIpc) is 2.78. The minimum Gasteiger partial charge on any atom is -0.482 e. The highest BCUT2D eigenvalue weighted by Gasteiger charge is 2.24. The van der Waals surface area contributed by atoms with Crippen molar-refractivity contribution in [3.8, 4) is 5.75 Å². The summed E-state index contributed by atoms with van der Waals surface area (Å²) in [4.78, 5) is 20.9. The normalized spacial score (nSPS) is 17.5. The van der Waals surface area contributed by atoms with Crippen LogP contribution in [-0.2, 0) is 9.53 Å². The van der Waals surface area contributed by atoms with Crippen LogP contribution in [0.2, 0.25) is 0 Å². The lowest BCUT2D eigenvalue weighted by Gasteiger charge is -2.33. The fraction of sp³-hybridized carbons (Fsp3) is 0.636. The zero-order chi connectivity index (χ0) is 21.2. The molecule has 2 aliphatic heterocycles. The van der Waals surface area contributed by atoms with Gasteiger partial charge in [0.25, 0.3) is 5.91 Å². The van der Waals surface area contributed by atoms with Gasteiger partial charge < -0.3 is 29.9 Å². The number of likely N-dealkylation sites (tertiary alicyclic amines) is 1. The van der Waals surface area contributed by atoms with Gasteiger partial charge in [0.2, 0.25) is 0 Å². The maximum atomic E-state index is 12.2. The first-order valence-corrected chi connectivity index (χ1v) is 10.9. The summed E-state index contributed by atoms with van der Waals surface area (Å²) in [6.07, 6.45) is 4.16. The van der Waals surface area contributed by atoms with Gasteiger partial charge in [-0.2, -0.15) is 0 Å². The third kappa shape index (κ3) is 7.80. The molecule has 1 fully saturated rings. The second-order valence-electron chi connectivity index (χ2n) is 7.76. The fourth-order valence-corrected chi connectivity index (χ4v) is 3.96. The predicted octanol–water partition coefficient (Wildman–Crippen LogP) is 2.09. The van der Waals surface area contributed by atoms with E-state index in [9.17, 15) is 4.79 Å². The minimum absolute atomic E-state index is 0. The number of fused-ring (bicyclic) bond motifs is 1. The van der Waals surface area contributed by atoms with Crippen molar-refractivity contribution in [2.45, 2.75) is 31.7 Å². The number of hydrogen-bond acceptors (Lipinski definition) is 5. The van der Waals surface area contributed by atoms with Crippen molar-refractivity contribution in [3.63, 3.8) is 0 Å². The highest BCUT2D eigenvalue weighted by molar-refractivity contribution is 14.0. The molecule has 8 nitrogen and oxygen atoms in total. The van der Waals surface area contributed by atoms with Gasteiger partial charge in [-0.1, -0.05) is 12.1 Å². The molecule has 0 unspecified atom stereocenters. The van der Waals surface area contributed by atoms with Gasteiger partial charge in [-0.15, -0.1) is 24.0 Å². The number of anilines is 1. The predicted molar refractivity (Wildman–Crippen MR) is 135 cm³/mol. The number of nitrogens with one attached hydrogen (secondary N) is 2. The van der Waals surface area contributed by atoms with Crippen LogP contribution < -0.4 is 20.3 Å². The molecule has 1 aromatic rings. The Morgan fingerprint density at radius 1 is 1.23 bits per heavy atom. The Morgan fingerprint density at radius 3 is 2.74 bits per heavy atom. The summed E-state index contributed by atoms with van der Waals surface area (Å²) < 4.78 is 10.6. The van der Waals surface area contributed by atoms with Crippen molar-refractivity contribution in [2.75, 3.05) is 65.0 Å². The van der Waals surface area contributed by atoms with Crippen LogP contribution in [0.15, 0.2) is 29.3 Å². The molecule has 1 amide bonds. The molecule has 9 heteroatoms. The summed E-state index contributed by atoms with van der Waals surface area (Å²) >= 11 is 0. The van der Waals surface area contributed by atoms with E-state index in [0.717, 1.165) is 75.9 Å². The summed E-state index contributed by atoms with van der Waals surface area (Å²) in [5, 5.41) is 6.93. The van der Waals surface area contributed by atoms with E-state index in [-0.39, 0.29) is 36.5 Å². The van der Waals surface area contributed by atoms with Gasteiger partial charge in [0.15, 0.2) is 12.6 Å². The Balaban J connectivity index is 0.00000341. The number of ether oxygens (including phenoxy) is 2. The van der Waals surface area contributed by atoms with E-state index in [1.165, 1.54) is 0 Å².